The second kappa shape index (κ2) is 5.44. The minimum atomic E-state index is 0.659. The van der Waals surface area contributed by atoms with Crippen LogP contribution >= 0.6 is 0 Å². The Morgan fingerprint density at radius 3 is 2.67 bits per heavy atom. The monoisotopic (exact) mass is 281 g/mol. The number of nitrogens with zero attached hydrogens (tertiary/aromatic N) is 4. The van der Waals surface area contributed by atoms with Crippen molar-refractivity contribution in [1.29, 1.82) is 0 Å². The van der Waals surface area contributed by atoms with Gasteiger partial charge in [-0.25, -0.2) is 9.97 Å². The summed E-state index contributed by atoms with van der Waals surface area (Å²) in [5.41, 5.74) is 9.07. The molecule has 0 aliphatic heterocycles. The zero-order chi connectivity index (χ0) is 14.8. The largest absolute Gasteiger partial charge is 0.383 e. The summed E-state index contributed by atoms with van der Waals surface area (Å²) in [7, 11) is 1.94. The molecule has 2 N–H and O–H groups in total. The van der Waals surface area contributed by atoms with E-state index in [0.29, 0.717) is 5.82 Å². The van der Waals surface area contributed by atoms with Crippen molar-refractivity contribution in [2.24, 2.45) is 7.05 Å². The third-order valence-electron chi connectivity index (χ3n) is 3.59. The van der Waals surface area contributed by atoms with Crippen LogP contribution in [0.4, 0.5) is 5.82 Å². The molecule has 0 unspecified atom stereocenters. The van der Waals surface area contributed by atoms with Gasteiger partial charge < -0.3 is 14.9 Å². The number of aromatic nitrogens is 4. The van der Waals surface area contributed by atoms with E-state index >= 15 is 0 Å². The van der Waals surface area contributed by atoms with Crippen LogP contribution in [0.1, 0.15) is 13.3 Å². The van der Waals surface area contributed by atoms with Gasteiger partial charge in [0.2, 0.25) is 0 Å². The molecule has 0 bridgehead atoms. The lowest BCUT2D eigenvalue weighted by Gasteiger charge is -2.05. The molecule has 0 radical (unpaired) electrons. The van der Waals surface area contributed by atoms with Crippen LogP contribution < -0.4 is 5.73 Å². The molecule has 0 atom stereocenters. The Hall–Kier alpha value is -2.56. The van der Waals surface area contributed by atoms with E-state index in [1.165, 1.54) is 0 Å². The van der Waals surface area contributed by atoms with Crippen molar-refractivity contribution in [3.8, 4) is 22.8 Å². The van der Waals surface area contributed by atoms with E-state index in [2.05, 4.69) is 16.5 Å². The van der Waals surface area contributed by atoms with Gasteiger partial charge in [-0.15, -0.1) is 0 Å². The predicted molar refractivity (Wildman–Crippen MR) is 84.6 cm³/mol. The summed E-state index contributed by atoms with van der Waals surface area (Å²) in [6.45, 7) is 3.05. The molecule has 0 spiro atoms. The highest BCUT2D eigenvalue weighted by molar-refractivity contribution is 5.73. The van der Waals surface area contributed by atoms with Gasteiger partial charge >= 0.3 is 0 Å². The fourth-order valence-electron chi connectivity index (χ4n) is 2.48. The summed E-state index contributed by atoms with van der Waals surface area (Å²) in [5, 5.41) is 0. The maximum absolute atomic E-state index is 6.26. The normalized spacial score (nSPS) is 11.0. The summed E-state index contributed by atoms with van der Waals surface area (Å²) in [6, 6.07) is 10.1. The van der Waals surface area contributed by atoms with Crippen molar-refractivity contribution in [1.82, 2.24) is 19.1 Å². The van der Waals surface area contributed by atoms with Crippen LogP contribution in [0.25, 0.3) is 22.8 Å². The maximum atomic E-state index is 6.26. The number of hydrogen-bond donors (Lipinski definition) is 1. The standard InChI is InChI=1S/C16H19N5/c1-3-9-21-11-18-10-13(21)14-15(17)20(2)16(19-14)12-7-5-4-6-8-12/h4-8,10-11H,3,9,17H2,1-2H3. The first-order valence-corrected chi connectivity index (χ1v) is 7.10. The molecule has 0 amide bonds. The van der Waals surface area contributed by atoms with E-state index < -0.39 is 0 Å². The number of anilines is 1. The average Bonchev–Trinajstić information content (AvgIpc) is 3.07. The number of imidazole rings is 2. The summed E-state index contributed by atoms with van der Waals surface area (Å²) in [6.07, 6.45) is 4.69. The topological polar surface area (TPSA) is 61.7 Å². The van der Waals surface area contributed by atoms with Crippen LogP contribution in [0.15, 0.2) is 42.9 Å². The van der Waals surface area contributed by atoms with Crippen molar-refractivity contribution in [3.05, 3.63) is 42.9 Å². The summed E-state index contributed by atoms with van der Waals surface area (Å²) >= 11 is 0. The lowest BCUT2D eigenvalue weighted by molar-refractivity contribution is 0.683. The number of hydrogen-bond acceptors (Lipinski definition) is 3. The van der Waals surface area contributed by atoms with Gasteiger partial charge in [-0.3, -0.25) is 0 Å². The first-order chi connectivity index (χ1) is 10.2. The lowest BCUT2D eigenvalue weighted by Crippen LogP contribution is -2.01. The molecule has 3 aromatic rings. The Kier molecular flexibility index (Phi) is 3.48. The molecule has 0 saturated carbocycles. The van der Waals surface area contributed by atoms with Crippen molar-refractivity contribution in [2.75, 3.05) is 5.73 Å². The van der Waals surface area contributed by atoms with Crippen molar-refractivity contribution >= 4 is 5.82 Å². The zero-order valence-corrected chi connectivity index (χ0v) is 12.3. The second-order valence-electron chi connectivity index (χ2n) is 5.07. The van der Waals surface area contributed by atoms with E-state index in [1.54, 1.807) is 0 Å². The first kappa shape index (κ1) is 13.4. The van der Waals surface area contributed by atoms with E-state index in [9.17, 15) is 0 Å². The predicted octanol–water partition coefficient (Wildman–Crippen LogP) is 2.94. The Bertz CT molecular complexity index is 739. The molecular weight excluding hydrogens is 262 g/mol. The minimum absolute atomic E-state index is 0.659. The van der Waals surface area contributed by atoms with E-state index in [0.717, 1.165) is 35.7 Å². The van der Waals surface area contributed by atoms with Gasteiger partial charge in [0.1, 0.15) is 17.3 Å². The van der Waals surface area contributed by atoms with Crippen LogP contribution in [-0.4, -0.2) is 19.1 Å². The quantitative estimate of drug-likeness (QED) is 0.799. The van der Waals surface area contributed by atoms with Crippen molar-refractivity contribution in [3.63, 3.8) is 0 Å². The highest BCUT2D eigenvalue weighted by Crippen LogP contribution is 2.30. The van der Waals surface area contributed by atoms with E-state index in [-0.39, 0.29) is 0 Å². The third-order valence-corrected chi connectivity index (χ3v) is 3.59. The molecule has 0 saturated heterocycles. The zero-order valence-electron chi connectivity index (χ0n) is 12.3. The SMILES string of the molecule is CCCn1cncc1-c1nc(-c2ccccc2)n(C)c1N. The summed E-state index contributed by atoms with van der Waals surface area (Å²) < 4.78 is 4.02. The van der Waals surface area contributed by atoms with Gasteiger partial charge in [-0.2, -0.15) is 0 Å². The number of nitrogen functional groups attached to an aromatic ring is 1. The average molecular weight is 281 g/mol. The second-order valence-corrected chi connectivity index (χ2v) is 5.07. The number of rotatable bonds is 4. The van der Waals surface area contributed by atoms with Gasteiger partial charge in [-0.1, -0.05) is 37.3 Å². The fourth-order valence-corrected chi connectivity index (χ4v) is 2.48. The van der Waals surface area contributed by atoms with E-state index in [1.807, 2.05) is 54.5 Å². The first-order valence-electron chi connectivity index (χ1n) is 7.10. The maximum Gasteiger partial charge on any atom is 0.142 e. The summed E-state index contributed by atoms with van der Waals surface area (Å²) in [5.74, 6) is 1.53. The molecular formula is C16H19N5. The highest BCUT2D eigenvalue weighted by Gasteiger charge is 2.17. The molecule has 2 heterocycles. The number of aryl methyl sites for hydroxylation is 1. The molecule has 5 heteroatoms. The van der Waals surface area contributed by atoms with Crippen LogP contribution in [0.2, 0.25) is 0 Å². The third kappa shape index (κ3) is 2.31. The molecule has 2 aromatic heterocycles. The van der Waals surface area contributed by atoms with Gasteiger partial charge in [0.25, 0.3) is 0 Å². The van der Waals surface area contributed by atoms with Crippen molar-refractivity contribution < 1.29 is 0 Å². The van der Waals surface area contributed by atoms with Crippen LogP contribution in [0.3, 0.4) is 0 Å². The van der Waals surface area contributed by atoms with Gasteiger partial charge in [0, 0.05) is 19.2 Å². The van der Waals surface area contributed by atoms with Gasteiger partial charge in [0.15, 0.2) is 0 Å². The Morgan fingerprint density at radius 1 is 1.19 bits per heavy atom. The van der Waals surface area contributed by atoms with Crippen LogP contribution in [-0.2, 0) is 13.6 Å². The fraction of sp³-hybridized carbons (Fsp3) is 0.250. The highest BCUT2D eigenvalue weighted by atomic mass is 15.1. The number of nitrogens with two attached hydrogens (primary N) is 1. The smallest absolute Gasteiger partial charge is 0.142 e. The molecule has 5 nitrogen and oxygen atoms in total. The van der Waals surface area contributed by atoms with E-state index in [4.69, 9.17) is 10.7 Å². The molecule has 0 fully saturated rings. The van der Waals surface area contributed by atoms with Crippen molar-refractivity contribution in [2.45, 2.75) is 19.9 Å². The molecule has 0 aliphatic carbocycles. The summed E-state index contributed by atoms with van der Waals surface area (Å²) in [4.78, 5) is 8.97. The molecule has 0 aliphatic rings. The van der Waals surface area contributed by atoms with Gasteiger partial charge in [0.05, 0.1) is 18.2 Å². The Labute approximate surface area is 124 Å². The Morgan fingerprint density at radius 2 is 1.95 bits per heavy atom. The van der Waals surface area contributed by atoms with Crippen LogP contribution in [0, 0.1) is 0 Å². The molecule has 21 heavy (non-hydrogen) atoms. The lowest BCUT2D eigenvalue weighted by atomic mass is 10.2. The molecule has 108 valence electrons. The Balaban J connectivity index is 2.11. The number of benzene rings is 1. The van der Waals surface area contributed by atoms with Gasteiger partial charge in [-0.05, 0) is 6.42 Å². The molecule has 1 aromatic carbocycles. The molecule has 3 rings (SSSR count). The van der Waals surface area contributed by atoms with Crippen LogP contribution in [0.5, 0.6) is 0 Å². The minimum Gasteiger partial charge on any atom is -0.383 e.